The monoisotopic (exact) mass is 244 g/mol. The molecule has 2 aromatic rings. The first-order valence-corrected chi connectivity index (χ1v) is 5.28. The molecule has 0 unspecified atom stereocenters. The highest BCUT2D eigenvalue weighted by atomic mass is 16.7. The van der Waals surface area contributed by atoms with Gasteiger partial charge in [-0.15, -0.1) is 0 Å². The molecule has 2 rings (SSSR count). The van der Waals surface area contributed by atoms with Crippen molar-refractivity contribution in [2.24, 2.45) is 5.84 Å². The van der Waals surface area contributed by atoms with Crippen LogP contribution in [0, 0.1) is 0 Å². The number of hydrogen-bond acceptors (Lipinski definition) is 4. The molecular weight excluding hydrogens is 232 g/mol. The number of carboxylic acid groups (broad SMARTS) is 1. The van der Waals surface area contributed by atoms with Gasteiger partial charge in [-0.1, -0.05) is 30.3 Å². The fourth-order valence-electron chi connectivity index (χ4n) is 1.56. The van der Waals surface area contributed by atoms with Gasteiger partial charge in [-0.05, 0) is 24.3 Å². The Bertz CT molecular complexity index is 543. The van der Waals surface area contributed by atoms with Gasteiger partial charge in [0.05, 0.1) is 5.69 Å². The largest absolute Gasteiger partial charge is 0.511 e. The van der Waals surface area contributed by atoms with E-state index in [1.54, 1.807) is 24.3 Å². The Morgan fingerprint density at radius 3 is 2.33 bits per heavy atom. The lowest BCUT2D eigenvalue weighted by Gasteiger charge is -2.20. The maximum Gasteiger partial charge on any atom is 0.511 e. The molecule has 0 aliphatic heterocycles. The lowest BCUT2D eigenvalue weighted by molar-refractivity contribution is 0.144. The minimum Gasteiger partial charge on any atom is -0.449 e. The first kappa shape index (κ1) is 11.9. The van der Waals surface area contributed by atoms with Crippen molar-refractivity contribution >= 4 is 17.5 Å². The molecule has 0 aliphatic rings. The molecule has 0 fully saturated rings. The molecule has 92 valence electrons. The van der Waals surface area contributed by atoms with Crippen LogP contribution in [-0.2, 0) is 0 Å². The number of anilines is 2. The molecule has 0 heterocycles. The maximum absolute atomic E-state index is 10.6. The summed E-state index contributed by atoms with van der Waals surface area (Å²) >= 11 is 0. The molecule has 0 aliphatic carbocycles. The fraction of sp³-hybridized carbons (Fsp3) is 0. The van der Waals surface area contributed by atoms with Gasteiger partial charge in [0.1, 0.15) is 5.69 Å². The van der Waals surface area contributed by atoms with Gasteiger partial charge in [0.2, 0.25) is 0 Å². The quantitative estimate of drug-likeness (QED) is 0.376. The normalized spacial score (nSPS) is 9.83. The minimum absolute atomic E-state index is 0.191. The molecule has 0 radical (unpaired) electrons. The highest BCUT2D eigenvalue weighted by molar-refractivity contribution is 5.72. The van der Waals surface area contributed by atoms with E-state index >= 15 is 0 Å². The standard InChI is InChI=1S/C13H12N2O3/c14-15(10-6-2-1-3-7-10)11-8-4-5-9-12(11)18-13(16)17/h1-9H,14H2,(H,16,17). The van der Waals surface area contributed by atoms with Crippen molar-refractivity contribution < 1.29 is 14.6 Å². The van der Waals surface area contributed by atoms with Crippen molar-refractivity contribution in [3.8, 4) is 5.75 Å². The SMILES string of the molecule is NN(c1ccccc1)c1ccccc1OC(=O)O. The molecule has 0 saturated heterocycles. The van der Waals surface area contributed by atoms with Gasteiger partial charge in [0.25, 0.3) is 0 Å². The third-order valence-corrected chi connectivity index (χ3v) is 2.36. The minimum atomic E-state index is -1.37. The van der Waals surface area contributed by atoms with E-state index in [4.69, 9.17) is 10.9 Å². The Morgan fingerprint density at radius 1 is 1.06 bits per heavy atom. The Labute approximate surface area is 104 Å². The number of rotatable bonds is 3. The molecule has 5 nitrogen and oxygen atoms in total. The zero-order valence-electron chi connectivity index (χ0n) is 9.48. The van der Waals surface area contributed by atoms with Crippen LogP contribution in [0.5, 0.6) is 5.75 Å². The average Bonchev–Trinajstić information content (AvgIpc) is 2.39. The van der Waals surface area contributed by atoms with E-state index in [0.29, 0.717) is 5.69 Å². The Hall–Kier alpha value is -2.53. The summed E-state index contributed by atoms with van der Waals surface area (Å²) in [7, 11) is 0. The number of para-hydroxylation sites is 3. The van der Waals surface area contributed by atoms with Gasteiger partial charge in [-0.25, -0.2) is 10.6 Å². The molecule has 0 spiro atoms. The van der Waals surface area contributed by atoms with E-state index in [1.165, 1.54) is 5.01 Å². The summed E-state index contributed by atoms with van der Waals surface area (Å²) in [6.07, 6.45) is -1.37. The number of nitrogens with two attached hydrogens (primary N) is 1. The van der Waals surface area contributed by atoms with Crippen molar-refractivity contribution in [2.75, 3.05) is 5.01 Å². The Morgan fingerprint density at radius 2 is 1.67 bits per heavy atom. The third kappa shape index (κ3) is 2.58. The highest BCUT2D eigenvalue weighted by Gasteiger charge is 2.12. The molecular formula is C13H12N2O3. The summed E-state index contributed by atoms with van der Waals surface area (Å²) in [5, 5.41) is 10.0. The number of benzene rings is 2. The van der Waals surface area contributed by atoms with Crippen molar-refractivity contribution in [2.45, 2.75) is 0 Å². The topological polar surface area (TPSA) is 75.8 Å². The van der Waals surface area contributed by atoms with Crippen LogP contribution in [0.3, 0.4) is 0 Å². The second-order valence-corrected chi connectivity index (χ2v) is 3.54. The fourth-order valence-corrected chi connectivity index (χ4v) is 1.56. The zero-order chi connectivity index (χ0) is 13.0. The van der Waals surface area contributed by atoms with E-state index in [0.717, 1.165) is 5.69 Å². The van der Waals surface area contributed by atoms with E-state index in [1.807, 2.05) is 30.3 Å². The smallest absolute Gasteiger partial charge is 0.449 e. The summed E-state index contributed by atoms with van der Waals surface area (Å²) in [5.41, 5.74) is 1.21. The molecule has 5 heteroatoms. The van der Waals surface area contributed by atoms with Crippen LogP contribution in [0.2, 0.25) is 0 Å². The Balaban J connectivity index is 2.36. The van der Waals surface area contributed by atoms with Crippen molar-refractivity contribution in [3.05, 3.63) is 54.6 Å². The highest BCUT2D eigenvalue weighted by Crippen LogP contribution is 2.30. The molecule has 18 heavy (non-hydrogen) atoms. The van der Waals surface area contributed by atoms with Crippen LogP contribution in [0.1, 0.15) is 0 Å². The molecule has 3 N–H and O–H groups in total. The molecule has 0 atom stereocenters. The molecule has 2 aromatic carbocycles. The Kier molecular flexibility index (Phi) is 3.45. The molecule has 0 aromatic heterocycles. The zero-order valence-corrected chi connectivity index (χ0v) is 9.48. The molecule has 0 bridgehead atoms. The van der Waals surface area contributed by atoms with Gasteiger partial charge in [-0.3, -0.25) is 5.01 Å². The number of hydrogen-bond donors (Lipinski definition) is 2. The van der Waals surface area contributed by atoms with E-state index in [-0.39, 0.29) is 5.75 Å². The maximum atomic E-state index is 10.6. The number of nitrogens with zero attached hydrogens (tertiary/aromatic N) is 1. The van der Waals surface area contributed by atoms with Crippen molar-refractivity contribution in [3.63, 3.8) is 0 Å². The summed E-state index contributed by atoms with van der Waals surface area (Å²) in [5.74, 6) is 6.14. The van der Waals surface area contributed by atoms with Crippen molar-refractivity contribution in [1.29, 1.82) is 0 Å². The van der Waals surface area contributed by atoms with Crippen LogP contribution in [0.4, 0.5) is 16.2 Å². The average molecular weight is 244 g/mol. The van der Waals surface area contributed by atoms with Gasteiger partial charge < -0.3 is 9.84 Å². The van der Waals surface area contributed by atoms with E-state index in [2.05, 4.69) is 4.74 Å². The second kappa shape index (κ2) is 5.20. The lowest BCUT2D eigenvalue weighted by atomic mass is 10.2. The van der Waals surface area contributed by atoms with Crippen LogP contribution in [0.15, 0.2) is 54.6 Å². The summed E-state index contributed by atoms with van der Waals surface area (Å²) in [6.45, 7) is 0. The summed E-state index contributed by atoms with van der Waals surface area (Å²) in [4.78, 5) is 10.6. The van der Waals surface area contributed by atoms with Crippen LogP contribution in [0.25, 0.3) is 0 Å². The van der Waals surface area contributed by atoms with Crippen molar-refractivity contribution in [1.82, 2.24) is 0 Å². The van der Waals surface area contributed by atoms with Crippen LogP contribution >= 0.6 is 0 Å². The lowest BCUT2D eigenvalue weighted by Crippen LogP contribution is -2.25. The first-order chi connectivity index (χ1) is 8.68. The summed E-state index contributed by atoms with van der Waals surface area (Å²) in [6, 6.07) is 15.9. The number of hydrazine groups is 1. The third-order valence-electron chi connectivity index (χ3n) is 2.36. The van der Waals surface area contributed by atoms with Gasteiger partial charge >= 0.3 is 6.16 Å². The van der Waals surface area contributed by atoms with Gasteiger partial charge in [0, 0.05) is 0 Å². The first-order valence-electron chi connectivity index (χ1n) is 5.28. The van der Waals surface area contributed by atoms with E-state index in [9.17, 15) is 4.79 Å². The van der Waals surface area contributed by atoms with Gasteiger partial charge in [0.15, 0.2) is 5.75 Å². The number of carbonyl (C=O) groups is 1. The summed E-state index contributed by atoms with van der Waals surface area (Å²) < 4.78 is 4.68. The van der Waals surface area contributed by atoms with Gasteiger partial charge in [-0.2, -0.15) is 0 Å². The van der Waals surface area contributed by atoms with Crippen LogP contribution < -0.4 is 15.6 Å². The predicted molar refractivity (Wildman–Crippen MR) is 67.9 cm³/mol. The predicted octanol–water partition coefficient (Wildman–Crippen LogP) is 2.76. The second-order valence-electron chi connectivity index (χ2n) is 3.54. The molecule has 0 saturated carbocycles. The number of ether oxygens (including phenoxy) is 1. The van der Waals surface area contributed by atoms with E-state index < -0.39 is 6.16 Å². The molecule has 0 amide bonds. The van der Waals surface area contributed by atoms with Crippen LogP contribution in [-0.4, -0.2) is 11.3 Å².